The Hall–Kier alpha value is -1.04. The maximum absolute atomic E-state index is 11.0. The van der Waals surface area contributed by atoms with Crippen molar-refractivity contribution >= 4 is 17.7 Å². The average Bonchev–Trinajstić information content (AvgIpc) is 2.29. The number of carbonyl (C=O) groups is 1. The third-order valence-corrected chi connectivity index (χ3v) is 3.41. The summed E-state index contributed by atoms with van der Waals surface area (Å²) in [5.41, 5.74) is 5.98. The standard InChI is InChI=1S/C13H20N2O2S/c1-13(17,9-18-2)8-15-7-10-4-3-5-11(6-10)12(14)16/h3-6,15,17H,7-9H2,1-2H3,(H2,14,16). The molecule has 18 heavy (non-hydrogen) atoms. The van der Waals surface area contributed by atoms with Gasteiger partial charge in [0.15, 0.2) is 0 Å². The van der Waals surface area contributed by atoms with Crippen LogP contribution < -0.4 is 11.1 Å². The van der Waals surface area contributed by atoms with Crippen molar-refractivity contribution in [3.05, 3.63) is 35.4 Å². The van der Waals surface area contributed by atoms with Crippen LogP contribution in [0.3, 0.4) is 0 Å². The molecule has 1 rings (SSSR count). The van der Waals surface area contributed by atoms with Gasteiger partial charge in [0.25, 0.3) is 0 Å². The highest BCUT2D eigenvalue weighted by Crippen LogP contribution is 2.10. The molecular formula is C13H20N2O2S. The normalized spacial score (nSPS) is 14.2. The van der Waals surface area contributed by atoms with Crippen LogP contribution >= 0.6 is 11.8 Å². The number of primary amides is 1. The van der Waals surface area contributed by atoms with Crippen molar-refractivity contribution in [2.24, 2.45) is 5.73 Å². The zero-order chi connectivity index (χ0) is 13.6. The molecule has 0 heterocycles. The molecule has 0 fully saturated rings. The first-order valence-electron chi connectivity index (χ1n) is 5.75. The summed E-state index contributed by atoms with van der Waals surface area (Å²) >= 11 is 1.61. The summed E-state index contributed by atoms with van der Waals surface area (Å²) in [5.74, 6) is 0.257. The monoisotopic (exact) mass is 268 g/mol. The fraction of sp³-hybridized carbons (Fsp3) is 0.462. The van der Waals surface area contributed by atoms with E-state index in [1.54, 1.807) is 36.9 Å². The number of carbonyl (C=O) groups excluding carboxylic acids is 1. The van der Waals surface area contributed by atoms with Crippen LogP contribution in [0, 0.1) is 0 Å². The van der Waals surface area contributed by atoms with Gasteiger partial charge in [0, 0.05) is 24.4 Å². The smallest absolute Gasteiger partial charge is 0.248 e. The van der Waals surface area contributed by atoms with Gasteiger partial charge in [0.2, 0.25) is 5.91 Å². The first kappa shape index (κ1) is 15.0. The largest absolute Gasteiger partial charge is 0.388 e. The Labute approximate surface area is 112 Å². The molecule has 1 amide bonds. The number of hydrogen-bond acceptors (Lipinski definition) is 4. The summed E-state index contributed by atoms with van der Waals surface area (Å²) in [6.45, 7) is 2.91. The first-order valence-corrected chi connectivity index (χ1v) is 7.15. The van der Waals surface area contributed by atoms with Gasteiger partial charge >= 0.3 is 0 Å². The van der Waals surface area contributed by atoms with E-state index in [-0.39, 0.29) is 0 Å². The van der Waals surface area contributed by atoms with Gasteiger partial charge in [-0.25, -0.2) is 0 Å². The molecule has 0 spiro atoms. The predicted octanol–water partition coefficient (Wildman–Crippen LogP) is 0.989. The lowest BCUT2D eigenvalue weighted by atomic mass is 10.1. The van der Waals surface area contributed by atoms with Gasteiger partial charge in [-0.15, -0.1) is 0 Å². The Bertz CT molecular complexity index is 408. The minimum Gasteiger partial charge on any atom is -0.388 e. The van der Waals surface area contributed by atoms with E-state index in [1.807, 2.05) is 12.3 Å². The van der Waals surface area contributed by atoms with Gasteiger partial charge < -0.3 is 16.2 Å². The number of nitrogens with two attached hydrogens (primary N) is 1. The molecule has 0 aliphatic heterocycles. The second kappa shape index (κ2) is 6.78. The highest BCUT2D eigenvalue weighted by Gasteiger charge is 2.18. The highest BCUT2D eigenvalue weighted by molar-refractivity contribution is 7.98. The van der Waals surface area contributed by atoms with Crippen LogP contribution in [0.15, 0.2) is 24.3 Å². The number of rotatable bonds is 7. The molecule has 4 N–H and O–H groups in total. The number of hydrogen-bond donors (Lipinski definition) is 3. The Kier molecular flexibility index (Phi) is 5.65. The van der Waals surface area contributed by atoms with Gasteiger partial charge in [-0.05, 0) is 30.9 Å². The number of nitrogens with one attached hydrogen (secondary N) is 1. The van der Waals surface area contributed by atoms with Crippen molar-refractivity contribution in [3.8, 4) is 0 Å². The van der Waals surface area contributed by atoms with Crippen molar-refractivity contribution in [3.63, 3.8) is 0 Å². The number of thioether (sulfide) groups is 1. The topological polar surface area (TPSA) is 75.3 Å². The van der Waals surface area contributed by atoms with Crippen LogP contribution in [0.25, 0.3) is 0 Å². The molecular weight excluding hydrogens is 248 g/mol. The molecule has 0 radical (unpaired) electrons. The maximum Gasteiger partial charge on any atom is 0.248 e. The van der Waals surface area contributed by atoms with Crippen molar-refractivity contribution in [2.75, 3.05) is 18.6 Å². The van der Waals surface area contributed by atoms with E-state index >= 15 is 0 Å². The van der Waals surface area contributed by atoms with E-state index in [1.165, 1.54) is 0 Å². The van der Waals surface area contributed by atoms with Crippen LogP contribution in [-0.2, 0) is 6.54 Å². The SMILES string of the molecule is CSCC(C)(O)CNCc1cccc(C(N)=O)c1. The third-order valence-electron chi connectivity index (χ3n) is 2.50. The fourth-order valence-electron chi connectivity index (χ4n) is 1.67. The average molecular weight is 268 g/mol. The number of amides is 1. The van der Waals surface area contributed by atoms with Crippen molar-refractivity contribution in [1.82, 2.24) is 5.32 Å². The Morgan fingerprint density at radius 3 is 2.89 bits per heavy atom. The van der Waals surface area contributed by atoms with Crippen LogP contribution in [0.1, 0.15) is 22.8 Å². The first-order chi connectivity index (χ1) is 8.44. The second-order valence-electron chi connectivity index (χ2n) is 4.60. The van der Waals surface area contributed by atoms with E-state index in [4.69, 9.17) is 5.73 Å². The molecule has 5 heteroatoms. The molecule has 1 aromatic rings. The fourth-order valence-corrected chi connectivity index (χ4v) is 2.40. The minimum absolute atomic E-state index is 0.425. The molecule has 1 unspecified atom stereocenters. The number of aliphatic hydroxyl groups is 1. The van der Waals surface area contributed by atoms with Crippen molar-refractivity contribution in [2.45, 2.75) is 19.1 Å². The molecule has 0 aliphatic rings. The summed E-state index contributed by atoms with van der Waals surface area (Å²) in [5, 5.41) is 13.2. The van der Waals surface area contributed by atoms with E-state index in [9.17, 15) is 9.90 Å². The minimum atomic E-state index is -0.722. The van der Waals surface area contributed by atoms with Crippen molar-refractivity contribution in [1.29, 1.82) is 0 Å². The number of benzene rings is 1. The predicted molar refractivity (Wildman–Crippen MR) is 75.7 cm³/mol. The quantitative estimate of drug-likeness (QED) is 0.689. The van der Waals surface area contributed by atoms with E-state index in [0.29, 0.717) is 24.4 Å². The summed E-state index contributed by atoms with van der Waals surface area (Å²) in [6.07, 6.45) is 1.96. The molecule has 0 aromatic heterocycles. The van der Waals surface area contributed by atoms with Gasteiger partial charge in [0.05, 0.1) is 5.60 Å². The third kappa shape index (κ3) is 5.08. The zero-order valence-corrected chi connectivity index (χ0v) is 11.6. The lowest BCUT2D eigenvalue weighted by Gasteiger charge is -2.22. The Balaban J connectivity index is 2.49. The van der Waals surface area contributed by atoms with Crippen LogP contribution in [0.2, 0.25) is 0 Å². The van der Waals surface area contributed by atoms with E-state index < -0.39 is 11.5 Å². The molecule has 100 valence electrons. The summed E-state index contributed by atoms with van der Waals surface area (Å²) in [6, 6.07) is 7.17. The molecule has 0 bridgehead atoms. The maximum atomic E-state index is 11.0. The zero-order valence-electron chi connectivity index (χ0n) is 10.8. The molecule has 1 aromatic carbocycles. The van der Waals surface area contributed by atoms with Crippen LogP contribution in [0.4, 0.5) is 0 Å². The summed E-state index contributed by atoms with van der Waals surface area (Å²) in [4.78, 5) is 11.0. The molecule has 4 nitrogen and oxygen atoms in total. The second-order valence-corrected chi connectivity index (χ2v) is 5.46. The van der Waals surface area contributed by atoms with Crippen LogP contribution in [-0.4, -0.2) is 35.2 Å². The van der Waals surface area contributed by atoms with Gasteiger partial charge in [-0.3, -0.25) is 4.79 Å². The van der Waals surface area contributed by atoms with Gasteiger partial charge in [0.1, 0.15) is 0 Å². The molecule has 0 saturated heterocycles. The highest BCUT2D eigenvalue weighted by atomic mass is 32.2. The summed E-state index contributed by atoms with van der Waals surface area (Å²) < 4.78 is 0. The molecule has 0 aliphatic carbocycles. The Morgan fingerprint density at radius 2 is 2.28 bits per heavy atom. The lowest BCUT2D eigenvalue weighted by molar-refractivity contribution is 0.0845. The van der Waals surface area contributed by atoms with Crippen molar-refractivity contribution < 1.29 is 9.90 Å². The lowest BCUT2D eigenvalue weighted by Crippen LogP contribution is -2.39. The van der Waals surface area contributed by atoms with E-state index in [0.717, 1.165) is 5.56 Å². The molecule has 0 saturated carbocycles. The summed E-state index contributed by atoms with van der Waals surface area (Å²) in [7, 11) is 0. The molecule has 1 atom stereocenters. The van der Waals surface area contributed by atoms with Gasteiger partial charge in [-0.1, -0.05) is 12.1 Å². The van der Waals surface area contributed by atoms with Crippen LogP contribution in [0.5, 0.6) is 0 Å². The Morgan fingerprint density at radius 1 is 1.56 bits per heavy atom. The van der Waals surface area contributed by atoms with Gasteiger partial charge in [-0.2, -0.15) is 11.8 Å². The van der Waals surface area contributed by atoms with E-state index in [2.05, 4.69) is 5.32 Å².